The summed E-state index contributed by atoms with van der Waals surface area (Å²) in [5.41, 5.74) is 4.21. The Bertz CT molecular complexity index is 920. The Morgan fingerprint density at radius 3 is 2.52 bits per heavy atom. The van der Waals surface area contributed by atoms with Crippen LogP contribution in [0.25, 0.3) is 0 Å². The molecule has 0 unspecified atom stereocenters. The topological polar surface area (TPSA) is 40.6 Å². The number of hydrogen-bond donors (Lipinski definition) is 0. The van der Waals surface area contributed by atoms with Gasteiger partial charge in [0.05, 0.1) is 0 Å². The van der Waals surface area contributed by atoms with Gasteiger partial charge in [-0.2, -0.15) is 0 Å². The van der Waals surface area contributed by atoms with Crippen molar-refractivity contribution in [1.29, 1.82) is 0 Å². The number of fused-ring (bicyclic) bond motifs is 1. The monoisotopic (exact) mass is 438 g/mol. The molecule has 5 heteroatoms. The highest BCUT2D eigenvalue weighted by molar-refractivity contribution is 6.00. The quantitative estimate of drug-likeness (QED) is 0.450. The molecule has 0 N–H and O–H groups in total. The Labute approximate surface area is 191 Å². The molecule has 2 aliphatic rings. The first-order valence-electron chi connectivity index (χ1n) is 11.0. The summed E-state index contributed by atoms with van der Waals surface area (Å²) >= 11 is 0. The van der Waals surface area contributed by atoms with Gasteiger partial charge in [-0.05, 0) is 67.6 Å². The third-order valence-corrected chi connectivity index (χ3v) is 6.43. The summed E-state index contributed by atoms with van der Waals surface area (Å²) in [5.74, 6) is 0.954. The summed E-state index contributed by atoms with van der Waals surface area (Å²) in [4.78, 5) is 29.1. The average Bonchev–Trinajstić information content (AvgIpc) is 2.80. The van der Waals surface area contributed by atoms with Gasteiger partial charge in [-0.1, -0.05) is 36.4 Å². The van der Waals surface area contributed by atoms with Gasteiger partial charge in [0, 0.05) is 37.2 Å². The second-order valence-electron chi connectivity index (χ2n) is 8.34. The minimum atomic E-state index is 0. The molecule has 0 aliphatic carbocycles. The summed E-state index contributed by atoms with van der Waals surface area (Å²) < 4.78 is 0. The Morgan fingerprint density at radius 1 is 1.06 bits per heavy atom. The minimum Gasteiger partial charge on any atom is -0.308 e. The fourth-order valence-electron chi connectivity index (χ4n) is 4.68. The van der Waals surface area contributed by atoms with Crippen LogP contribution >= 0.6 is 12.4 Å². The van der Waals surface area contributed by atoms with E-state index in [1.807, 2.05) is 18.2 Å². The van der Waals surface area contributed by atoms with Crippen LogP contribution in [0.5, 0.6) is 0 Å². The molecule has 0 aromatic heterocycles. The normalized spacial score (nSPS) is 17.0. The van der Waals surface area contributed by atoms with Gasteiger partial charge in [-0.15, -0.1) is 19.0 Å². The van der Waals surface area contributed by atoms with E-state index in [9.17, 15) is 9.59 Å². The van der Waals surface area contributed by atoms with Gasteiger partial charge in [-0.3, -0.25) is 9.59 Å². The van der Waals surface area contributed by atoms with Crippen LogP contribution in [0.15, 0.2) is 61.2 Å². The molecule has 0 spiro atoms. The molecule has 2 aromatic carbocycles. The van der Waals surface area contributed by atoms with E-state index in [2.05, 4.69) is 41.8 Å². The van der Waals surface area contributed by atoms with Crippen LogP contribution in [-0.4, -0.2) is 42.8 Å². The fourth-order valence-corrected chi connectivity index (χ4v) is 4.68. The lowest BCUT2D eigenvalue weighted by molar-refractivity contribution is -0.118. The van der Waals surface area contributed by atoms with Gasteiger partial charge < -0.3 is 9.80 Å². The zero-order valence-corrected chi connectivity index (χ0v) is 18.8. The maximum absolute atomic E-state index is 12.8. The van der Waals surface area contributed by atoms with Crippen molar-refractivity contribution in [2.45, 2.75) is 38.0 Å². The molecule has 0 radical (unpaired) electrons. The number of benzene rings is 2. The lowest BCUT2D eigenvalue weighted by atomic mass is 9.89. The molecule has 1 saturated heterocycles. The number of piperidine rings is 1. The summed E-state index contributed by atoms with van der Waals surface area (Å²) in [7, 11) is 0. The zero-order valence-electron chi connectivity index (χ0n) is 18.0. The largest absolute Gasteiger partial charge is 0.308 e. The number of aryl methyl sites for hydroxylation is 1. The Morgan fingerprint density at radius 2 is 1.81 bits per heavy atom. The van der Waals surface area contributed by atoms with Crippen molar-refractivity contribution in [2.24, 2.45) is 0 Å². The number of carbonyl (C=O) groups is 2. The van der Waals surface area contributed by atoms with Crippen molar-refractivity contribution in [3.63, 3.8) is 0 Å². The van der Waals surface area contributed by atoms with E-state index in [0.717, 1.165) is 49.3 Å². The number of anilines is 1. The molecule has 1 fully saturated rings. The first kappa shape index (κ1) is 23.2. The lowest BCUT2D eigenvalue weighted by Gasteiger charge is -2.32. The molecule has 2 aliphatic heterocycles. The number of amides is 1. The predicted octanol–water partition coefficient (Wildman–Crippen LogP) is 5.03. The molecule has 0 atom stereocenters. The Kier molecular flexibility index (Phi) is 8.05. The molecule has 4 rings (SSSR count). The van der Waals surface area contributed by atoms with Crippen LogP contribution in [0, 0.1) is 0 Å². The van der Waals surface area contributed by atoms with Crippen molar-refractivity contribution in [3.05, 3.63) is 77.9 Å². The first-order valence-corrected chi connectivity index (χ1v) is 11.0. The lowest BCUT2D eigenvalue weighted by Crippen LogP contribution is -2.35. The maximum atomic E-state index is 12.8. The number of ketones is 1. The molecular weight excluding hydrogens is 408 g/mol. The molecule has 164 valence electrons. The molecular formula is C26H31ClN2O2. The van der Waals surface area contributed by atoms with E-state index in [0.29, 0.717) is 31.7 Å². The van der Waals surface area contributed by atoms with E-state index in [4.69, 9.17) is 0 Å². The van der Waals surface area contributed by atoms with Crippen LogP contribution in [0.4, 0.5) is 5.69 Å². The molecule has 0 saturated carbocycles. The molecule has 2 heterocycles. The van der Waals surface area contributed by atoms with E-state index >= 15 is 0 Å². The predicted molar refractivity (Wildman–Crippen MR) is 128 cm³/mol. The number of nitrogens with zero attached hydrogens (tertiary/aromatic N) is 2. The van der Waals surface area contributed by atoms with Crippen LogP contribution in [0.3, 0.4) is 0 Å². The SMILES string of the molecule is C=CCN1C(=O)CCc2cc(C(=O)CCN3CCC(c4ccccc4)CC3)ccc21.Cl. The highest BCUT2D eigenvalue weighted by Gasteiger charge is 2.25. The standard InChI is InChI=1S/C26H30N2O2.ClH/c1-2-15-28-24-10-8-23(19-22(24)9-11-26(28)30)25(29)14-18-27-16-12-21(13-17-27)20-6-4-3-5-7-20;/h2-8,10,19,21H,1,9,11-18H2;1H. The number of likely N-dealkylation sites (tertiary alicyclic amines) is 1. The van der Waals surface area contributed by atoms with Gasteiger partial charge >= 0.3 is 0 Å². The number of halogens is 1. The smallest absolute Gasteiger partial charge is 0.227 e. The second kappa shape index (κ2) is 10.7. The molecule has 1 amide bonds. The van der Waals surface area contributed by atoms with E-state index in [1.165, 1.54) is 5.56 Å². The van der Waals surface area contributed by atoms with Crippen molar-refractivity contribution in [1.82, 2.24) is 4.90 Å². The first-order chi connectivity index (χ1) is 14.7. The van der Waals surface area contributed by atoms with E-state index in [1.54, 1.807) is 11.0 Å². The Balaban J connectivity index is 0.00000272. The molecule has 4 nitrogen and oxygen atoms in total. The van der Waals surface area contributed by atoms with Gasteiger partial charge in [0.15, 0.2) is 5.78 Å². The van der Waals surface area contributed by atoms with Crippen LogP contribution < -0.4 is 4.90 Å². The number of carbonyl (C=O) groups excluding carboxylic acids is 2. The maximum Gasteiger partial charge on any atom is 0.227 e. The summed E-state index contributed by atoms with van der Waals surface area (Å²) in [6.45, 7) is 7.18. The van der Waals surface area contributed by atoms with Crippen molar-refractivity contribution in [2.75, 3.05) is 31.1 Å². The highest BCUT2D eigenvalue weighted by atomic mass is 35.5. The number of hydrogen-bond acceptors (Lipinski definition) is 3. The van der Waals surface area contributed by atoms with Gasteiger partial charge in [0.1, 0.15) is 0 Å². The molecule has 2 aromatic rings. The minimum absolute atomic E-state index is 0. The van der Waals surface area contributed by atoms with E-state index < -0.39 is 0 Å². The molecule has 0 bridgehead atoms. The Hall–Kier alpha value is -2.43. The van der Waals surface area contributed by atoms with Crippen LogP contribution in [0.2, 0.25) is 0 Å². The molecule has 31 heavy (non-hydrogen) atoms. The summed E-state index contributed by atoms with van der Waals surface area (Å²) in [5, 5.41) is 0. The number of rotatable bonds is 7. The third kappa shape index (κ3) is 5.44. The zero-order chi connectivity index (χ0) is 20.9. The van der Waals surface area contributed by atoms with Gasteiger partial charge in [0.25, 0.3) is 0 Å². The summed E-state index contributed by atoms with van der Waals surface area (Å²) in [6.07, 6.45) is 5.80. The van der Waals surface area contributed by atoms with Crippen molar-refractivity contribution >= 4 is 29.8 Å². The average molecular weight is 439 g/mol. The van der Waals surface area contributed by atoms with Gasteiger partial charge in [-0.25, -0.2) is 0 Å². The van der Waals surface area contributed by atoms with Gasteiger partial charge in [0.2, 0.25) is 5.91 Å². The third-order valence-electron chi connectivity index (χ3n) is 6.43. The van der Waals surface area contributed by atoms with E-state index in [-0.39, 0.29) is 24.1 Å². The number of Topliss-reactive ketones (excluding diaryl/α,β-unsaturated/α-hetero) is 1. The fraction of sp³-hybridized carbons (Fsp3) is 0.385. The van der Waals surface area contributed by atoms with Crippen LogP contribution in [-0.2, 0) is 11.2 Å². The summed E-state index contributed by atoms with van der Waals surface area (Å²) in [6, 6.07) is 16.5. The van der Waals surface area contributed by atoms with Crippen molar-refractivity contribution < 1.29 is 9.59 Å². The van der Waals surface area contributed by atoms with Crippen LogP contribution in [0.1, 0.15) is 53.1 Å². The highest BCUT2D eigenvalue weighted by Crippen LogP contribution is 2.30. The van der Waals surface area contributed by atoms with Crippen molar-refractivity contribution in [3.8, 4) is 0 Å². The second-order valence-corrected chi connectivity index (χ2v) is 8.34.